The van der Waals surface area contributed by atoms with Gasteiger partial charge < -0.3 is 15.6 Å². The molecule has 0 unspecified atom stereocenters. The average molecular weight is 275 g/mol. The third kappa shape index (κ3) is 3.30. The van der Waals surface area contributed by atoms with Crippen molar-refractivity contribution >= 4 is 11.6 Å². The van der Waals surface area contributed by atoms with Gasteiger partial charge in [0.2, 0.25) is 5.91 Å². The van der Waals surface area contributed by atoms with Crippen LogP contribution in [0.25, 0.3) is 0 Å². The van der Waals surface area contributed by atoms with Crippen molar-refractivity contribution in [3.05, 3.63) is 64.3 Å². The van der Waals surface area contributed by atoms with Crippen LogP contribution in [-0.2, 0) is 17.9 Å². The van der Waals surface area contributed by atoms with Crippen LogP contribution in [0.15, 0.2) is 47.4 Å². The molecule has 3 N–H and O–H groups in total. The number of anilines is 1. The van der Waals surface area contributed by atoms with Crippen molar-refractivity contribution in [1.82, 2.24) is 4.57 Å². The van der Waals surface area contributed by atoms with E-state index in [-0.39, 0.29) is 18.6 Å². The summed E-state index contributed by atoms with van der Waals surface area (Å²) < 4.78 is 14.2. The molecular weight excluding hydrogens is 261 g/mol. The minimum atomic E-state index is -0.440. The quantitative estimate of drug-likeness (QED) is 0.876. The van der Waals surface area contributed by atoms with Gasteiger partial charge in [0.25, 0.3) is 5.56 Å². The number of nitrogens with one attached hydrogen (secondary N) is 1. The topological polar surface area (TPSA) is 77.1 Å². The van der Waals surface area contributed by atoms with Crippen LogP contribution in [-0.4, -0.2) is 10.5 Å². The number of nitrogens with zero attached hydrogens (tertiary/aromatic N) is 1. The van der Waals surface area contributed by atoms with Crippen molar-refractivity contribution in [3.63, 3.8) is 0 Å². The predicted molar refractivity (Wildman–Crippen MR) is 73.6 cm³/mol. The first-order valence-corrected chi connectivity index (χ1v) is 6.04. The number of benzene rings is 1. The number of aromatic nitrogens is 1. The summed E-state index contributed by atoms with van der Waals surface area (Å²) in [6.07, 6.45) is 1.51. The minimum absolute atomic E-state index is 0.116. The van der Waals surface area contributed by atoms with Gasteiger partial charge in [-0.1, -0.05) is 12.1 Å². The van der Waals surface area contributed by atoms with Gasteiger partial charge in [-0.3, -0.25) is 9.59 Å². The lowest BCUT2D eigenvalue weighted by atomic mass is 10.3. The summed E-state index contributed by atoms with van der Waals surface area (Å²) in [5.41, 5.74) is 5.92. The number of amides is 1. The lowest BCUT2D eigenvalue weighted by molar-refractivity contribution is -0.116. The molecule has 1 amide bonds. The largest absolute Gasteiger partial charge is 0.326 e. The van der Waals surface area contributed by atoms with E-state index in [0.717, 1.165) is 0 Å². The summed E-state index contributed by atoms with van der Waals surface area (Å²) in [5, 5.41) is 2.53. The van der Waals surface area contributed by atoms with Crippen molar-refractivity contribution in [2.75, 3.05) is 5.32 Å². The molecule has 0 aliphatic rings. The van der Waals surface area contributed by atoms with Crippen LogP contribution in [0, 0.1) is 5.82 Å². The van der Waals surface area contributed by atoms with Gasteiger partial charge in [-0.25, -0.2) is 4.39 Å². The molecular formula is C14H14FN3O2. The van der Waals surface area contributed by atoms with E-state index < -0.39 is 11.7 Å². The normalized spacial score (nSPS) is 10.3. The van der Waals surface area contributed by atoms with Crippen LogP contribution in [0.1, 0.15) is 5.56 Å². The number of carbonyl (C=O) groups is 1. The van der Waals surface area contributed by atoms with Crippen molar-refractivity contribution in [3.8, 4) is 0 Å². The van der Waals surface area contributed by atoms with E-state index in [0.29, 0.717) is 11.3 Å². The SMILES string of the molecule is NCc1cccn(CC(=O)Nc2cccc(F)c2)c1=O. The van der Waals surface area contributed by atoms with Crippen molar-refractivity contribution in [1.29, 1.82) is 0 Å². The number of hydrogen-bond acceptors (Lipinski definition) is 3. The lowest BCUT2D eigenvalue weighted by Crippen LogP contribution is -2.29. The molecule has 6 heteroatoms. The number of hydrogen-bond donors (Lipinski definition) is 2. The van der Waals surface area contributed by atoms with Crippen LogP contribution >= 0.6 is 0 Å². The molecule has 2 rings (SSSR count). The Morgan fingerprint density at radius 2 is 2.10 bits per heavy atom. The maximum Gasteiger partial charge on any atom is 0.255 e. The fraction of sp³-hybridized carbons (Fsp3) is 0.143. The summed E-state index contributed by atoms with van der Waals surface area (Å²) in [4.78, 5) is 23.7. The van der Waals surface area contributed by atoms with Crippen molar-refractivity contribution < 1.29 is 9.18 Å². The van der Waals surface area contributed by atoms with Gasteiger partial charge >= 0.3 is 0 Å². The maximum absolute atomic E-state index is 13.0. The number of rotatable bonds is 4. The highest BCUT2D eigenvalue weighted by Crippen LogP contribution is 2.08. The molecule has 0 saturated carbocycles. The molecule has 0 atom stereocenters. The summed E-state index contributed by atoms with van der Waals surface area (Å²) in [7, 11) is 0. The summed E-state index contributed by atoms with van der Waals surface area (Å²) in [6.45, 7) is -0.0334. The molecule has 1 aromatic carbocycles. The van der Waals surface area contributed by atoms with Gasteiger partial charge in [0.05, 0.1) is 0 Å². The molecule has 1 aromatic heterocycles. The Bertz CT molecular complexity index is 682. The predicted octanol–water partition coefficient (Wildman–Crippen LogP) is 1.08. The molecule has 0 saturated heterocycles. The van der Waals surface area contributed by atoms with Crippen LogP contribution in [0.3, 0.4) is 0 Å². The average Bonchev–Trinajstić information content (AvgIpc) is 2.41. The molecule has 0 aliphatic carbocycles. The lowest BCUT2D eigenvalue weighted by Gasteiger charge is -2.08. The van der Waals surface area contributed by atoms with E-state index >= 15 is 0 Å². The second-order valence-electron chi connectivity index (χ2n) is 4.23. The molecule has 0 spiro atoms. The number of carbonyl (C=O) groups excluding carboxylic acids is 1. The molecule has 20 heavy (non-hydrogen) atoms. The Hall–Kier alpha value is -2.47. The highest BCUT2D eigenvalue weighted by molar-refractivity contribution is 5.90. The summed E-state index contributed by atoms with van der Waals surface area (Å²) >= 11 is 0. The standard InChI is InChI=1S/C14H14FN3O2/c15-11-4-1-5-12(7-11)17-13(19)9-18-6-2-3-10(8-16)14(18)20/h1-7H,8-9,16H2,(H,17,19). The zero-order valence-electron chi connectivity index (χ0n) is 10.7. The molecule has 0 aliphatic heterocycles. The number of pyridine rings is 1. The second kappa shape index (κ2) is 6.12. The first-order chi connectivity index (χ1) is 9.60. The van der Waals surface area contributed by atoms with Gasteiger partial charge in [0.1, 0.15) is 12.4 Å². The molecule has 1 heterocycles. The first kappa shape index (κ1) is 14.0. The van der Waals surface area contributed by atoms with Crippen LogP contribution in [0.4, 0.5) is 10.1 Å². The summed E-state index contributed by atoms with van der Waals surface area (Å²) in [5.74, 6) is -0.850. The summed E-state index contributed by atoms with van der Waals surface area (Å²) in [6, 6.07) is 8.82. The Balaban J connectivity index is 2.11. The fourth-order valence-corrected chi connectivity index (χ4v) is 1.79. The Kier molecular flexibility index (Phi) is 4.27. The zero-order valence-corrected chi connectivity index (χ0v) is 10.7. The molecule has 0 bridgehead atoms. The molecule has 5 nitrogen and oxygen atoms in total. The van der Waals surface area contributed by atoms with Crippen LogP contribution < -0.4 is 16.6 Å². The molecule has 0 fully saturated rings. The van der Waals surface area contributed by atoms with Crippen molar-refractivity contribution in [2.45, 2.75) is 13.1 Å². The molecule has 104 valence electrons. The minimum Gasteiger partial charge on any atom is -0.326 e. The van der Waals surface area contributed by atoms with Gasteiger partial charge in [-0.2, -0.15) is 0 Å². The zero-order chi connectivity index (χ0) is 14.5. The fourth-order valence-electron chi connectivity index (χ4n) is 1.79. The van der Waals surface area contributed by atoms with E-state index in [9.17, 15) is 14.0 Å². The van der Waals surface area contributed by atoms with Gasteiger partial charge in [0.15, 0.2) is 0 Å². The Morgan fingerprint density at radius 3 is 2.80 bits per heavy atom. The smallest absolute Gasteiger partial charge is 0.255 e. The van der Waals surface area contributed by atoms with E-state index in [1.807, 2.05) is 0 Å². The van der Waals surface area contributed by atoms with Gasteiger partial charge in [-0.15, -0.1) is 0 Å². The van der Waals surface area contributed by atoms with E-state index in [1.165, 1.54) is 29.0 Å². The van der Waals surface area contributed by atoms with Crippen LogP contribution in [0.5, 0.6) is 0 Å². The third-order valence-electron chi connectivity index (χ3n) is 2.74. The van der Waals surface area contributed by atoms with Gasteiger partial charge in [-0.05, 0) is 24.3 Å². The van der Waals surface area contributed by atoms with E-state index in [2.05, 4.69) is 5.32 Å². The van der Waals surface area contributed by atoms with Crippen molar-refractivity contribution in [2.24, 2.45) is 5.73 Å². The monoisotopic (exact) mass is 275 g/mol. The Morgan fingerprint density at radius 1 is 1.30 bits per heavy atom. The van der Waals surface area contributed by atoms with E-state index in [4.69, 9.17) is 5.73 Å². The Labute approximate surface area is 114 Å². The van der Waals surface area contributed by atoms with Gasteiger partial charge in [0, 0.05) is 24.0 Å². The number of halogens is 1. The molecule has 2 aromatic rings. The highest BCUT2D eigenvalue weighted by atomic mass is 19.1. The van der Waals surface area contributed by atoms with Crippen LogP contribution in [0.2, 0.25) is 0 Å². The second-order valence-corrected chi connectivity index (χ2v) is 4.23. The number of nitrogens with two attached hydrogens (primary N) is 1. The van der Waals surface area contributed by atoms with E-state index in [1.54, 1.807) is 18.2 Å². The maximum atomic E-state index is 13.0. The molecule has 0 radical (unpaired) electrons. The third-order valence-corrected chi connectivity index (χ3v) is 2.74. The first-order valence-electron chi connectivity index (χ1n) is 6.04. The highest BCUT2D eigenvalue weighted by Gasteiger charge is 2.07.